The highest BCUT2D eigenvalue weighted by Crippen LogP contribution is 2.42. The van der Waals surface area contributed by atoms with E-state index < -0.39 is 29.1 Å². The van der Waals surface area contributed by atoms with Gasteiger partial charge in [-0.15, -0.1) is 16.4 Å². The van der Waals surface area contributed by atoms with Gasteiger partial charge in [0.1, 0.15) is 11.5 Å². The Kier molecular flexibility index (Phi) is 7.17. The molecule has 3 aromatic heterocycles. The first kappa shape index (κ1) is 26.4. The largest absolute Gasteiger partial charge is 0.417 e. The maximum Gasteiger partial charge on any atom is 0.417 e. The number of thiazole rings is 1. The summed E-state index contributed by atoms with van der Waals surface area (Å²) in [5.41, 5.74) is -2.05. The van der Waals surface area contributed by atoms with E-state index in [1.165, 1.54) is 0 Å². The highest BCUT2D eigenvalue weighted by Gasteiger charge is 2.38. The van der Waals surface area contributed by atoms with Crippen LogP contribution >= 0.6 is 11.3 Å². The van der Waals surface area contributed by atoms with E-state index >= 15 is 0 Å². The van der Waals surface area contributed by atoms with E-state index in [2.05, 4.69) is 41.2 Å². The first-order chi connectivity index (χ1) is 17.3. The fraction of sp³-hybridized carbons (Fsp3) is 0.500. The van der Waals surface area contributed by atoms with E-state index in [1.54, 1.807) is 25.7 Å². The molecule has 1 saturated heterocycles. The lowest BCUT2D eigenvalue weighted by Gasteiger charge is -2.23. The second-order valence-electron chi connectivity index (χ2n) is 9.71. The van der Waals surface area contributed by atoms with Crippen molar-refractivity contribution in [2.45, 2.75) is 64.8 Å². The molecule has 0 unspecified atom stereocenters. The Morgan fingerprint density at radius 3 is 2.62 bits per heavy atom. The van der Waals surface area contributed by atoms with Crippen LogP contribution in [0, 0.1) is 0 Å². The van der Waals surface area contributed by atoms with Gasteiger partial charge in [0.05, 0.1) is 17.0 Å². The van der Waals surface area contributed by atoms with Crippen LogP contribution in [0.4, 0.5) is 19.0 Å². The van der Waals surface area contributed by atoms with Crippen molar-refractivity contribution in [3.05, 3.63) is 34.4 Å². The van der Waals surface area contributed by atoms with Crippen molar-refractivity contribution in [2.75, 3.05) is 11.9 Å². The van der Waals surface area contributed by atoms with Crippen molar-refractivity contribution in [3.8, 4) is 10.4 Å². The molecule has 198 valence electrons. The Hall–Kier alpha value is -3.62. The van der Waals surface area contributed by atoms with Crippen molar-refractivity contribution in [3.63, 3.8) is 0 Å². The average Bonchev–Trinajstić information content (AvgIpc) is 3.56. The number of amides is 2. The fourth-order valence-corrected chi connectivity index (χ4v) is 4.93. The quantitative estimate of drug-likeness (QED) is 0.434. The number of H-pyrrole nitrogens is 1. The molecule has 1 aliphatic heterocycles. The fourth-order valence-electron chi connectivity index (χ4n) is 3.93. The number of hydrogen-bond donors (Lipinski definition) is 3. The molecule has 37 heavy (non-hydrogen) atoms. The molecule has 1 atom stereocenters. The molecule has 11 nitrogen and oxygen atoms in total. The van der Waals surface area contributed by atoms with Crippen LogP contribution in [0.1, 0.15) is 72.2 Å². The molecule has 3 aromatic rings. The van der Waals surface area contributed by atoms with Crippen LogP contribution in [0.3, 0.4) is 0 Å². The van der Waals surface area contributed by atoms with Crippen molar-refractivity contribution < 1.29 is 22.8 Å². The van der Waals surface area contributed by atoms with Gasteiger partial charge in [0.25, 0.3) is 11.8 Å². The number of aromatic nitrogens is 6. The highest BCUT2D eigenvalue weighted by molar-refractivity contribution is 7.17. The molecule has 0 aliphatic carbocycles. The molecule has 0 aromatic carbocycles. The minimum Gasteiger partial charge on any atom is -0.365 e. The standard InChI is InChI=1S/C22H26F3N9O2S/c1-11-6-5-7-34(11)20(36)16-17(37-19(28-16)18(35)27-10-15-30-32-33-31-15)12-9-26-14(29-21(2,3)4)8-13(12)22(23,24)25/h8-9,11H,5-7,10H2,1-4H3,(H,26,29)(H,27,35)(H,30,31,32,33)/t11-/m0/s1. The number of carbonyl (C=O) groups excluding carboxylic acids is 2. The van der Waals surface area contributed by atoms with Crippen LogP contribution in [0.2, 0.25) is 0 Å². The summed E-state index contributed by atoms with van der Waals surface area (Å²) in [5, 5.41) is 18.3. The lowest BCUT2D eigenvalue weighted by molar-refractivity contribution is -0.137. The normalized spacial score (nSPS) is 16.2. The molecule has 4 heterocycles. The number of tetrazole rings is 1. The molecule has 2 amide bonds. The van der Waals surface area contributed by atoms with E-state index in [4.69, 9.17) is 0 Å². The number of aromatic amines is 1. The summed E-state index contributed by atoms with van der Waals surface area (Å²) in [6.45, 7) is 7.66. The second kappa shape index (κ2) is 10.0. The van der Waals surface area contributed by atoms with Gasteiger partial charge in [0.2, 0.25) is 0 Å². The second-order valence-corrected chi connectivity index (χ2v) is 10.7. The highest BCUT2D eigenvalue weighted by atomic mass is 32.1. The molecule has 15 heteroatoms. The minimum absolute atomic E-state index is 0.0350. The van der Waals surface area contributed by atoms with Crippen LogP contribution in [0.25, 0.3) is 10.4 Å². The van der Waals surface area contributed by atoms with Gasteiger partial charge < -0.3 is 15.5 Å². The third kappa shape index (κ3) is 6.03. The Labute approximate surface area is 214 Å². The summed E-state index contributed by atoms with van der Waals surface area (Å²) >= 11 is 0.703. The van der Waals surface area contributed by atoms with Crippen LogP contribution in [-0.2, 0) is 12.7 Å². The number of alkyl halides is 3. The zero-order valence-electron chi connectivity index (χ0n) is 20.6. The molecule has 1 aliphatic rings. The maximum absolute atomic E-state index is 14.2. The number of halogens is 3. The first-order valence-electron chi connectivity index (χ1n) is 11.5. The lowest BCUT2D eigenvalue weighted by atomic mass is 10.1. The van der Waals surface area contributed by atoms with Crippen LogP contribution in [0.5, 0.6) is 0 Å². The van der Waals surface area contributed by atoms with E-state index in [1.807, 2.05) is 6.92 Å². The summed E-state index contributed by atoms with van der Waals surface area (Å²) in [6, 6.07) is 0.806. The number of pyridine rings is 1. The van der Waals surface area contributed by atoms with Crippen LogP contribution < -0.4 is 10.6 Å². The number of carbonyl (C=O) groups is 2. The summed E-state index contributed by atoms with van der Waals surface area (Å²) in [5.74, 6) is -0.894. The third-order valence-corrected chi connectivity index (χ3v) is 6.69. The first-order valence-corrected chi connectivity index (χ1v) is 12.3. The minimum atomic E-state index is -4.75. The summed E-state index contributed by atoms with van der Waals surface area (Å²) in [4.78, 5) is 36.1. The predicted molar refractivity (Wildman–Crippen MR) is 129 cm³/mol. The topological polar surface area (TPSA) is 142 Å². The Morgan fingerprint density at radius 2 is 2.03 bits per heavy atom. The van der Waals surface area contributed by atoms with Gasteiger partial charge in [-0.05, 0) is 57.0 Å². The van der Waals surface area contributed by atoms with Gasteiger partial charge in [0.15, 0.2) is 10.8 Å². The van der Waals surface area contributed by atoms with Crippen LogP contribution in [-0.4, -0.2) is 65.4 Å². The molecule has 1 fully saturated rings. The monoisotopic (exact) mass is 537 g/mol. The van der Waals surface area contributed by atoms with Crippen molar-refractivity contribution in [1.29, 1.82) is 0 Å². The summed E-state index contributed by atoms with van der Waals surface area (Å²) in [7, 11) is 0. The summed E-state index contributed by atoms with van der Waals surface area (Å²) in [6.07, 6.45) is -2.14. The van der Waals surface area contributed by atoms with Crippen molar-refractivity contribution >= 4 is 29.0 Å². The zero-order chi connectivity index (χ0) is 27.0. The summed E-state index contributed by atoms with van der Waals surface area (Å²) < 4.78 is 42.7. The van der Waals surface area contributed by atoms with Gasteiger partial charge in [-0.3, -0.25) is 9.59 Å². The number of rotatable bonds is 6. The SMILES string of the molecule is C[C@H]1CCCN1C(=O)c1nc(C(=O)NCc2nnn[nH]2)sc1-c1cnc(NC(C)(C)C)cc1C(F)(F)F. The van der Waals surface area contributed by atoms with E-state index in [0.29, 0.717) is 17.9 Å². The van der Waals surface area contributed by atoms with Gasteiger partial charge in [-0.25, -0.2) is 15.1 Å². The van der Waals surface area contributed by atoms with Crippen molar-refractivity contribution in [1.82, 2.24) is 40.8 Å². The molecule has 0 spiro atoms. The molecule has 3 N–H and O–H groups in total. The number of nitrogens with zero attached hydrogens (tertiary/aromatic N) is 6. The predicted octanol–water partition coefficient (Wildman–Crippen LogP) is 3.50. The zero-order valence-corrected chi connectivity index (χ0v) is 21.4. The van der Waals surface area contributed by atoms with E-state index in [9.17, 15) is 22.8 Å². The number of anilines is 1. The molecule has 4 rings (SSSR count). The van der Waals surface area contributed by atoms with Crippen molar-refractivity contribution in [2.24, 2.45) is 0 Å². The molecular weight excluding hydrogens is 511 g/mol. The molecular formula is C22H26F3N9O2S. The number of nitrogens with one attached hydrogen (secondary N) is 3. The third-order valence-electron chi connectivity index (χ3n) is 5.60. The van der Waals surface area contributed by atoms with Crippen LogP contribution in [0.15, 0.2) is 12.3 Å². The molecule has 0 saturated carbocycles. The van der Waals surface area contributed by atoms with Gasteiger partial charge >= 0.3 is 6.18 Å². The van der Waals surface area contributed by atoms with E-state index in [-0.39, 0.29) is 45.4 Å². The average molecular weight is 538 g/mol. The Balaban J connectivity index is 1.78. The van der Waals surface area contributed by atoms with Gasteiger partial charge in [-0.2, -0.15) is 13.2 Å². The smallest absolute Gasteiger partial charge is 0.365 e. The Morgan fingerprint density at radius 1 is 1.27 bits per heavy atom. The lowest BCUT2D eigenvalue weighted by Crippen LogP contribution is -2.34. The Bertz CT molecular complexity index is 1290. The molecule has 0 bridgehead atoms. The maximum atomic E-state index is 14.2. The van der Waals surface area contributed by atoms with Gasteiger partial charge in [0, 0.05) is 29.9 Å². The van der Waals surface area contributed by atoms with E-state index in [0.717, 1.165) is 25.1 Å². The molecule has 0 radical (unpaired) electrons. The number of hydrogen-bond acceptors (Lipinski definition) is 9. The van der Waals surface area contributed by atoms with Gasteiger partial charge in [-0.1, -0.05) is 0 Å². The number of likely N-dealkylation sites (tertiary alicyclic amines) is 1.